The molecule has 5 rings (SSSR count). The van der Waals surface area contributed by atoms with Crippen molar-refractivity contribution >= 4 is 16.9 Å². The summed E-state index contributed by atoms with van der Waals surface area (Å²) in [6.07, 6.45) is 0. The van der Waals surface area contributed by atoms with Gasteiger partial charge in [-0.05, 0) is 59.9 Å². The van der Waals surface area contributed by atoms with Crippen LogP contribution in [-0.2, 0) is 4.74 Å². The molecule has 0 spiro atoms. The number of aromatic nitrogens is 1. The third-order valence-electron chi connectivity index (χ3n) is 6.15. The molecule has 4 heteroatoms. The van der Waals surface area contributed by atoms with Crippen LogP contribution in [0.15, 0.2) is 97.1 Å². The molecule has 0 fully saturated rings. The minimum absolute atomic E-state index is 0.238. The molecule has 0 aliphatic rings. The van der Waals surface area contributed by atoms with Crippen LogP contribution in [0.2, 0.25) is 0 Å². The number of esters is 1. The van der Waals surface area contributed by atoms with Gasteiger partial charge in [-0.3, -0.25) is 0 Å². The van der Waals surface area contributed by atoms with Gasteiger partial charge in [0.2, 0.25) is 0 Å². The second kappa shape index (κ2) is 9.51. The average molecular weight is 462 g/mol. The van der Waals surface area contributed by atoms with Crippen LogP contribution in [0.4, 0.5) is 4.39 Å². The third-order valence-corrected chi connectivity index (χ3v) is 6.15. The number of carbonyl (C=O) groups excluding carboxylic acids is 1. The third kappa shape index (κ3) is 4.31. The molecule has 3 nitrogen and oxygen atoms in total. The molecule has 0 amide bonds. The maximum Gasteiger partial charge on any atom is 0.339 e. The fraction of sp³-hybridized carbons (Fsp3) is 0.0968. The molecule has 0 N–H and O–H groups in total. The molecule has 1 aromatic heterocycles. The van der Waals surface area contributed by atoms with Crippen molar-refractivity contribution in [1.29, 1.82) is 0 Å². The van der Waals surface area contributed by atoms with Gasteiger partial charge in [0.25, 0.3) is 0 Å². The van der Waals surface area contributed by atoms with E-state index in [0.29, 0.717) is 27.7 Å². The van der Waals surface area contributed by atoms with E-state index >= 15 is 0 Å². The number of ether oxygens (including phenoxy) is 1. The van der Waals surface area contributed by atoms with Crippen molar-refractivity contribution in [3.63, 3.8) is 0 Å². The number of fused-ring (bicyclic) bond motifs is 1. The van der Waals surface area contributed by atoms with E-state index in [1.54, 1.807) is 13.0 Å². The fourth-order valence-corrected chi connectivity index (χ4v) is 4.49. The highest BCUT2D eigenvalue weighted by molar-refractivity contribution is 6.06. The summed E-state index contributed by atoms with van der Waals surface area (Å²) in [5, 5.41) is 0.457. The number of hydrogen-bond donors (Lipinski definition) is 0. The van der Waals surface area contributed by atoms with Crippen LogP contribution in [0.25, 0.3) is 44.4 Å². The Morgan fingerprint density at radius 1 is 0.800 bits per heavy atom. The molecule has 5 aromatic rings. The maximum absolute atomic E-state index is 14.0. The summed E-state index contributed by atoms with van der Waals surface area (Å²) in [4.78, 5) is 17.6. The van der Waals surface area contributed by atoms with Crippen molar-refractivity contribution in [1.82, 2.24) is 4.98 Å². The highest BCUT2D eigenvalue weighted by atomic mass is 19.1. The van der Waals surface area contributed by atoms with Gasteiger partial charge in [0, 0.05) is 10.9 Å². The Labute approximate surface area is 203 Å². The minimum Gasteiger partial charge on any atom is -0.462 e. The van der Waals surface area contributed by atoms with Gasteiger partial charge in [0.05, 0.1) is 23.4 Å². The quantitative estimate of drug-likeness (QED) is 0.250. The molecular weight excluding hydrogens is 437 g/mol. The molecule has 0 bridgehead atoms. The van der Waals surface area contributed by atoms with E-state index < -0.39 is 11.8 Å². The van der Waals surface area contributed by atoms with Crippen molar-refractivity contribution < 1.29 is 13.9 Å². The van der Waals surface area contributed by atoms with E-state index in [-0.39, 0.29) is 6.61 Å². The Hall–Kier alpha value is -4.31. The number of carbonyl (C=O) groups is 1. The molecule has 0 saturated heterocycles. The molecule has 4 aromatic carbocycles. The average Bonchev–Trinajstić information content (AvgIpc) is 2.89. The van der Waals surface area contributed by atoms with E-state index in [9.17, 15) is 9.18 Å². The Balaban J connectivity index is 1.61. The number of rotatable bonds is 5. The topological polar surface area (TPSA) is 39.2 Å². The van der Waals surface area contributed by atoms with Crippen LogP contribution < -0.4 is 0 Å². The zero-order valence-electron chi connectivity index (χ0n) is 19.6. The lowest BCUT2D eigenvalue weighted by Gasteiger charge is -2.15. The zero-order valence-corrected chi connectivity index (χ0v) is 19.6. The summed E-state index contributed by atoms with van der Waals surface area (Å²) in [5.74, 6) is -0.893. The summed E-state index contributed by atoms with van der Waals surface area (Å²) in [5.41, 5.74) is 7.65. The van der Waals surface area contributed by atoms with Gasteiger partial charge in [-0.15, -0.1) is 0 Å². The molecular formula is C31H24FNO2. The molecule has 0 aliphatic carbocycles. The predicted octanol–water partition coefficient (Wildman–Crippen LogP) is 7.86. The second-order valence-corrected chi connectivity index (χ2v) is 8.33. The van der Waals surface area contributed by atoms with Crippen LogP contribution in [0.1, 0.15) is 22.8 Å². The molecule has 0 unspecified atom stereocenters. The van der Waals surface area contributed by atoms with Crippen molar-refractivity contribution in [2.75, 3.05) is 6.61 Å². The van der Waals surface area contributed by atoms with E-state index in [2.05, 4.69) is 36.4 Å². The van der Waals surface area contributed by atoms with Crippen LogP contribution in [0.5, 0.6) is 0 Å². The first-order valence-corrected chi connectivity index (χ1v) is 11.6. The largest absolute Gasteiger partial charge is 0.462 e. The van der Waals surface area contributed by atoms with Gasteiger partial charge in [0.15, 0.2) is 0 Å². The lowest BCUT2D eigenvalue weighted by molar-refractivity contribution is 0.0528. The Bertz CT molecular complexity index is 1530. The summed E-state index contributed by atoms with van der Waals surface area (Å²) in [6, 6.07) is 31.1. The Morgan fingerprint density at radius 3 is 2.06 bits per heavy atom. The molecule has 0 aliphatic heterocycles. The molecule has 0 saturated carbocycles. The van der Waals surface area contributed by atoms with Gasteiger partial charge in [-0.1, -0.05) is 78.9 Å². The number of nitrogens with zero attached hydrogens (tertiary/aromatic N) is 1. The van der Waals surface area contributed by atoms with Gasteiger partial charge in [-0.25, -0.2) is 14.2 Å². The van der Waals surface area contributed by atoms with Crippen LogP contribution in [0.3, 0.4) is 0 Å². The van der Waals surface area contributed by atoms with E-state index in [4.69, 9.17) is 9.72 Å². The molecule has 1 heterocycles. The van der Waals surface area contributed by atoms with Crippen molar-refractivity contribution in [3.05, 3.63) is 114 Å². The lowest BCUT2D eigenvalue weighted by Crippen LogP contribution is -2.10. The van der Waals surface area contributed by atoms with Crippen LogP contribution in [-0.4, -0.2) is 17.6 Å². The van der Waals surface area contributed by atoms with E-state index in [1.165, 1.54) is 12.1 Å². The monoisotopic (exact) mass is 461 g/mol. The van der Waals surface area contributed by atoms with Crippen molar-refractivity contribution in [2.24, 2.45) is 0 Å². The second-order valence-electron chi connectivity index (χ2n) is 8.33. The normalized spacial score (nSPS) is 10.9. The smallest absolute Gasteiger partial charge is 0.339 e. The first kappa shape index (κ1) is 22.5. The molecule has 0 radical (unpaired) electrons. The van der Waals surface area contributed by atoms with Crippen molar-refractivity contribution in [3.8, 4) is 33.5 Å². The summed E-state index contributed by atoms with van der Waals surface area (Å²) < 4.78 is 19.3. The van der Waals surface area contributed by atoms with Crippen LogP contribution >= 0.6 is 0 Å². The van der Waals surface area contributed by atoms with E-state index in [0.717, 1.165) is 27.8 Å². The highest BCUT2D eigenvalue weighted by Gasteiger charge is 2.20. The summed E-state index contributed by atoms with van der Waals surface area (Å²) in [7, 11) is 0. The number of pyridine rings is 1. The Kier molecular flexibility index (Phi) is 6.11. The SMILES string of the molecule is CCOC(=O)c1c(C)c(-c2ccc(-c3ccccc3-c3ccccc3)cc2)nc2ccc(F)cc12. The Morgan fingerprint density at radius 2 is 1.40 bits per heavy atom. The first-order chi connectivity index (χ1) is 17.1. The molecule has 35 heavy (non-hydrogen) atoms. The van der Waals surface area contributed by atoms with Gasteiger partial charge < -0.3 is 4.74 Å². The fourth-order valence-electron chi connectivity index (χ4n) is 4.49. The first-order valence-electron chi connectivity index (χ1n) is 11.6. The molecule has 0 atom stereocenters. The standard InChI is InChI=1S/C31H24FNO2/c1-3-35-31(34)29-20(2)30(33-28-18-17-24(32)19-27(28)29)23-15-13-22(14-16-23)26-12-8-7-11-25(26)21-9-5-4-6-10-21/h4-19H,3H2,1-2H3. The summed E-state index contributed by atoms with van der Waals surface area (Å²) >= 11 is 0. The van der Waals surface area contributed by atoms with Crippen LogP contribution in [0, 0.1) is 12.7 Å². The predicted molar refractivity (Wildman–Crippen MR) is 139 cm³/mol. The van der Waals surface area contributed by atoms with Crippen molar-refractivity contribution in [2.45, 2.75) is 13.8 Å². The maximum atomic E-state index is 14.0. The number of benzene rings is 4. The lowest BCUT2D eigenvalue weighted by atomic mass is 9.93. The molecule has 172 valence electrons. The van der Waals surface area contributed by atoms with E-state index in [1.807, 2.05) is 49.4 Å². The number of hydrogen-bond acceptors (Lipinski definition) is 3. The highest BCUT2D eigenvalue weighted by Crippen LogP contribution is 2.35. The van der Waals surface area contributed by atoms with Gasteiger partial charge in [0.1, 0.15) is 5.82 Å². The minimum atomic E-state index is -0.474. The van der Waals surface area contributed by atoms with Gasteiger partial charge >= 0.3 is 5.97 Å². The van der Waals surface area contributed by atoms with Gasteiger partial charge in [-0.2, -0.15) is 0 Å². The number of halogens is 1. The zero-order chi connectivity index (χ0) is 24.4. The summed E-state index contributed by atoms with van der Waals surface area (Å²) in [6.45, 7) is 3.82.